The second-order valence-corrected chi connectivity index (χ2v) is 11.4. The normalized spacial score (nSPS) is 22.3. The third-order valence-electron chi connectivity index (χ3n) is 8.46. The van der Waals surface area contributed by atoms with Crippen LogP contribution in [-0.2, 0) is 0 Å². The van der Waals surface area contributed by atoms with E-state index in [9.17, 15) is 4.79 Å². The molecular formula is C30H31ClFN7O2. The Hall–Kier alpha value is -3.57. The van der Waals surface area contributed by atoms with Gasteiger partial charge in [0.25, 0.3) is 0 Å². The average Bonchev–Trinajstić information content (AvgIpc) is 3.36. The number of alkyl halides is 1. The molecule has 2 aromatic heterocycles. The van der Waals surface area contributed by atoms with Gasteiger partial charge in [0, 0.05) is 69.2 Å². The third-order valence-corrected chi connectivity index (χ3v) is 8.77. The molecule has 0 bridgehead atoms. The standard InChI is InChI=1S/C30H31ClFN7O2/c31-24-10-21(41-20-4-2-1-3-5-20)6-7-22(24)28(40)23-13-34-29-27(23)30(36-17-35-29)37-26-8-9-38(16-25(26)32)19-14-39(15-19)18-11-33-12-18/h1-7,10,13,17-19,25-26,33H,8-9,11-12,14-16H2,(H2,34,35,36,37)/t25-,26-/m1/s1. The van der Waals surface area contributed by atoms with Gasteiger partial charge < -0.3 is 20.4 Å². The number of nitrogens with one attached hydrogen (secondary N) is 3. The number of carbonyl (C=O) groups excluding carboxylic acids is 1. The zero-order valence-corrected chi connectivity index (χ0v) is 23.1. The molecule has 4 aromatic rings. The zero-order valence-electron chi connectivity index (χ0n) is 22.4. The summed E-state index contributed by atoms with van der Waals surface area (Å²) in [5.41, 5.74) is 1.19. The van der Waals surface area contributed by atoms with Crippen molar-refractivity contribution in [1.82, 2.24) is 30.1 Å². The number of carbonyl (C=O) groups is 1. The molecule has 2 atom stereocenters. The molecule has 0 unspecified atom stereocenters. The van der Waals surface area contributed by atoms with Gasteiger partial charge in [0.2, 0.25) is 0 Å². The van der Waals surface area contributed by atoms with Crippen LogP contribution in [0.1, 0.15) is 22.3 Å². The van der Waals surface area contributed by atoms with Crippen LogP contribution in [0.4, 0.5) is 10.2 Å². The highest BCUT2D eigenvalue weighted by molar-refractivity contribution is 6.35. The van der Waals surface area contributed by atoms with Gasteiger partial charge in [0.05, 0.1) is 22.0 Å². The second-order valence-electron chi connectivity index (χ2n) is 11.0. The highest BCUT2D eigenvalue weighted by Gasteiger charge is 2.41. The Morgan fingerprint density at radius 2 is 1.83 bits per heavy atom. The number of hydrogen-bond acceptors (Lipinski definition) is 8. The van der Waals surface area contributed by atoms with Gasteiger partial charge in [-0.15, -0.1) is 0 Å². The Kier molecular flexibility index (Phi) is 7.08. The predicted octanol–water partition coefficient (Wildman–Crippen LogP) is 4.11. The number of piperidine rings is 1. The second kappa shape index (κ2) is 11.0. The van der Waals surface area contributed by atoms with Crippen LogP contribution in [0, 0.1) is 0 Å². The molecule has 9 nitrogen and oxygen atoms in total. The first kappa shape index (κ1) is 26.3. The molecule has 2 aromatic carbocycles. The summed E-state index contributed by atoms with van der Waals surface area (Å²) in [4.78, 5) is 30.2. The molecule has 0 saturated carbocycles. The number of fused-ring (bicyclic) bond motifs is 1. The molecule has 3 N–H and O–H groups in total. The molecule has 0 amide bonds. The third kappa shape index (κ3) is 5.17. The van der Waals surface area contributed by atoms with Crippen LogP contribution in [0.3, 0.4) is 0 Å². The summed E-state index contributed by atoms with van der Waals surface area (Å²) in [5, 5.41) is 7.41. The zero-order chi connectivity index (χ0) is 27.9. The van der Waals surface area contributed by atoms with Crippen LogP contribution in [0.25, 0.3) is 11.0 Å². The van der Waals surface area contributed by atoms with Crippen LogP contribution < -0.4 is 15.4 Å². The van der Waals surface area contributed by atoms with E-state index in [1.807, 2.05) is 30.3 Å². The molecule has 7 rings (SSSR count). The lowest BCUT2D eigenvalue weighted by atomic mass is 9.96. The number of hydrogen-bond donors (Lipinski definition) is 3. The van der Waals surface area contributed by atoms with Gasteiger partial charge in [0.15, 0.2) is 5.78 Å². The van der Waals surface area contributed by atoms with Crippen molar-refractivity contribution >= 4 is 34.2 Å². The van der Waals surface area contributed by atoms with Crippen molar-refractivity contribution in [1.29, 1.82) is 0 Å². The summed E-state index contributed by atoms with van der Waals surface area (Å²) in [6.07, 6.45) is 2.61. The molecule has 212 valence electrons. The maximum atomic E-state index is 15.5. The summed E-state index contributed by atoms with van der Waals surface area (Å²) in [5.74, 6) is 1.35. The molecule has 41 heavy (non-hydrogen) atoms. The summed E-state index contributed by atoms with van der Waals surface area (Å²) in [6.45, 7) is 5.35. The number of ether oxygens (including phenoxy) is 1. The predicted molar refractivity (Wildman–Crippen MR) is 156 cm³/mol. The van der Waals surface area contributed by atoms with E-state index < -0.39 is 12.2 Å². The number of para-hydroxylation sites is 1. The molecule has 3 fully saturated rings. The molecule has 11 heteroatoms. The lowest BCUT2D eigenvalue weighted by Gasteiger charge is -2.53. The molecule has 0 radical (unpaired) electrons. The number of halogens is 2. The van der Waals surface area contributed by atoms with E-state index in [-0.39, 0.29) is 10.8 Å². The Morgan fingerprint density at radius 1 is 1.00 bits per heavy atom. The van der Waals surface area contributed by atoms with Crippen molar-refractivity contribution in [2.75, 3.05) is 44.6 Å². The van der Waals surface area contributed by atoms with Crippen LogP contribution in [-0.4, -0.2) is 94.1 Å². The Balaban J connectivity index is 1.05. The van der Waals surface area contributed by atoms with Gasteiger partial charge in [0.1, 0.15) is 35.5 Å². The van der Waals surface area contributed by atoms with Crippen LogP contribution in [0.15, 0.2) is 61.1 Å². The molecule has 0 aliphatic carbocycles. The van der Waals surface area contributed by atoms with Crippen LogP contribution >= 0.6 is 11.6 Å². The minimum atomic E-state index is -1.06. The summed E-state index contributed by atoms with van der Waals surface area (Å²) < 4.78 is 21.3. The van der Waals surface area contributed by atoms with E-state index in [1.54, 1.807) is 24.4 Å². The molecule has 0 spiro atoms. The van der Waals surface area contributed by atoms with E-state index in [4.69, 9.17) is 16.3 Å². The topological polar surface area (TPSA) is 98.4 Å². The number of rotatable bonds is 8. The summed E-state index contributed by atoms with van der Waals surface area (Å²) in [7, 11) is 0. The number of ketones is 1. The Morgan fingerprint density at radius 3 is 2.56 bits per heavy atom. The Bertz CT molecular complexity index is 1560. The highest BCUT2D eigenvalue weighted by Crippen LogP contribution is 2.32. The van der Waals surface area contributed by atoms with Crippen LogP contribution in [0.5, 0.6) is 11.5 Å². The van der Waals surface area contributed by atoms with Gasteiger partial charge in [-0.1, -0.05) is 29.8 Å². The first-order valence-electron chi connectivity index (χ1n) is 14.0. The first-order chi connectivity index (χ1) is 20.0. The minimum absolute atomic E-state index is 0.267. The van der Waals surface area contributed by atoms with Crippen molar-refractivity contribution in [2.45, 2.75) is 30.7 Å². The fraction of sp³-hybridized carbons (Fsp3) is 0.367. The monoisotopic (exact) mass is 575 g/mol. The molecular weight excluding hydrogens is 545 g/mol. The van der Waals surface area contributed by atoms with E-state index in [1.165, 1.54) is 6.33 Å². The van der Waals surface area contributed by atoms with Crippen molar-refractivity contribution in [2.24, 2.45) is 0 Å². The number of anilines is 1. The Labute approximate surface area is 242 Å². The fourth-order valence-corrected chi connectivity index (χ4v) is 6.17. The van der Waals surface area contributed by atoms with Gasteiger partial charge in [-0.05, 0) is 30.7 Å². The maximum Gasteiger partial charge on any atom is 0.196 e. The van der Waals surface area contributed by atoms with E-state index in [0.717, 1.165) is 32.7 Å². The largest absolute Gasteiger partial charge is 0.457 e. The summed E-state index contributed by atoms with van der Waals surface area (Å²) >= 11 is 6.55. The van der Waals surface area contributed by atoms with Crippen molar-refractivity contribution in [3.8, 4) is 11.5 Å². The fourth-order valence-electron chi connectivity index (χ4n) is 5.91. The lowest BCUT2D eigenvalue weighted by Crippen LogP contribution is -2.70. The number of benzene rings is 2. The van der Waals surface area contributed by atoms with E-state index in [2.05, 4.69) is 35.4 Å². The van der Waals surface area contributed by atoms with Crippen LogP contribution in [0.2, 0.25) is 5.02 Å². The first-order valence-corrected chi connectivity index (χ1v) is 14.4. The number of aromatic nitrogens is 3. The van der Waals surface area contributed by atoms with Crippen molar-refractivity contribution in [3.63, 3.8) is 0 Å². The highest BCUT2D eigenvalue weighted by atomic mass is 35.5. The van der Waals surface area contributed by atoms with Crippen molar-refractivity contribution in [3.05, 3.63) is 77.2 Å². The van der Waals surface area contributed by atoms with E-state index in [0.29, 0.717) is 64.5 Å². The summed E-state index contributed by atoms with van der Waals surface area (Å²) in [6, 6.07) is 15.0. The molecule has 3 aliphatic heterocycles. The molecule has 3 saturated heterocycles. The van der Waals surface area contributed by atoms with Gasteiger partial charge in [-0.3, -0.25) is 14.6 Å². The molecule has 5 heterocycles. The number of H-pyrrole nitrogens is 1. The van der Waals surface area contributed by atoms with Gasteiger partial charge in [-0.25, -0.2) is 14.4 Å². The number of nitrogens with zero attached hydrogens (tertiary/aromatic N) is 4. The SMILES string of the molecule is O=C(c1ccc(Oc2ccccc2)cc1Cl)c1c[nH]c2ncnc(N[C@@H]3CCN(C4CN(C5CNC5)C4)C[C@H]3F)c12. The minimum Gasteiger partial charge on any atom is -0.457 e. The average molecular weight is 576 g/mol. The quantitative estimate of drug-likeness (QED) is 0.270. The lowest BCUT2D eigenvalue weighted by molar-refractivity contribution is -0.0306. The van der Waals surface area contributed by atoms with Gasteiger partial charge >= 0.3 is 0 Å². The van der Waals surface area contributed by atoms with Crippen molar-refractivity contribution < 1.29 is 13.9 Å². The maximum absolute atomic E-state index is 15.5. The number of aromatic amines is 1. The molecule has 3 aliphatic rings. The van der Waals surface area contributed by atoms with Gasteiger partial charge in [-0.2, -0.15) is 0 Å². The smallest absolute Gasteiger partial charge is 0.196 e. The van der Waals surface area contributed by atoms with E-state index >= 15 is 4.39 Å². The number of likely N-dealkylation sites (tertiary alicyclic amines) is 2.